The summed E-state index contributed by atoms with van der Waals surface area (Å²) in [6, 6.07) is 0. The van der Waals surface area contributed by atoms with E-state index < -0.39 is 7.82 Å². The zero-order valence-corrected chi connectivity index (χ0v) is 20.9. The Morgan fingerprint density at radius 1 is 0.679 bits per heavy atom. The summed E-state index contributed by atoms with van der Waals surface area (Å²) in [5.74, 6) is 1.85. The minimum atomic E-state index is -3.79. The summed E-state index contributed by atoms with van der Waals surface area (Å²) in [6.45, 7) is 2.53. The highest BCUT2D eigenvalue weighted by Gasteiger charge is 2.17. The van der Waals surface area contributed by atoms with Gasteiger partial charge in [-0.25, -0.2) is 4.57 Å². The summed E-state index contributed by atoms with van der Waals surface area (Å²) in [6.07, 6.45) is 22.4. The lowest BCUT2D eigenvalue weighted by Gasteiger charge is -2.08. The van der Waals surface area contributed by atoms with Crippen molar-refractivity contribution in [2.45, 2.75) is 110 Å². The molecule has 0 amide bonds. The van der Waals surface area contributed by atoms with Crippen molar-refractivity contribution in [3.05, 3.63) is 0 Å². The molecule has 0 heterocycles. The van der Waals surface area contributed by atoms with Crippen LogP contribution in [0, 0.1) is 0 Å². The molecule has 1 atom stereocenters. The van der Waals surface area contributed by atoms with Crippen molar-refractivity contribution in [1.29, 1.82) is 0 Å². The number of phosphoric acid groups is 1. The van der Waals surface area contributed by atoms with Gasteiger partial charge in [0.25, 0.3) is 0 Å². The fourth-order valence-corrected chi connectivity index (χ4v) is 5.59. The predicted molar refractivity (Wildman–Crippen MR) is 127 cm³/mol. The van der Waals surface area contributed by atoms with Gasteiger partial charge in [0.05, 0.1) is 6.61 Å². The molecule has 0 aromatic carbocycles. The Hall–Kier alpha value is 0.810. The second kappa shape index (κ2) is 22.5. The minimum absolute atomic E-state index is 0.248. The van der Waals surface area contributed by atoms with Gasteiger partial charge in [-0.3, -0.25) is 9.05 Å². The van der Waals surface area contributed by atoms with E-state index in [1.54, 1.807) is 10.8 Å². The van der Waals surface area contributed by atoms with E-state index in [-0.39, 0.29) is 6.61 Å². The van der Waals surface area contributed by atoms with Crippen LogP contribution < -0.4 is 0 Å². The molecule has 170 valence electrons. The molecule has 1 N–H and O–H groups in total. The molecule has 0 rings (SSSR count). The van der Waals surface area contributed by atoms with E-state index in [0.717, 1.165) is 5.75 Å². The van der Waals surface area contributed by atoms with Crippen molar-refractivity contribution in [2.24, 2.45) is 0 Å². The highest BCUT2D eigenvalue weighted by molar-refractivity contribution is 8.76. The Labute approximate surface area is 182 Å². The number of unbranched alkanes of at least 4 members (excludes halogenated alkanes) is 15. The molecule has 7 heteroatoms. The molecule has 0 fully saturated rings. The molecule has 0 saturated heterocycles. The number of rotatable bonds is 23. The Morgan fingerprint density at radius 3 is 1.50 bits per heavy atom. The molecular formula is C21H45O4PS2. The summed E-state index contributed by atoms with van der Waals surface area (Å²) >= 11 is 0. The zero-order valence-electron chi connectivity index (χ0n) is 18.4. The molecule has 0 aliphatic carbocycles. The second-order valence-corrected chi connectivity index (χ2v) is 11.7. The van der Waals surface area contributed by atoms with Gasteiger partial charge < -0.3 is 4.89 Å². The molecule has 28 heavy (non-hydrogen) atoms. The monoisotopic (exact) mass is 456 g/mol. The van der Waals surface area contributed by atoms with E-state index >= 15 is 0 Å². The van der Waals surface area contributed by atoms with Crippen LogP contribution in [-0.4, -0.2) is 30.1 Å². The number of phosphoric ester groups is 1. The molecule has 0 aromatic rings. The number of hydrogen-bond acceptors (Lipinski definition) is 5. The summed E-state index contributed by atoms with van der Waals surface area (Å²) in [5, 5.41) is 0. The van der Waals surface area contributed by atoms with Crippen LogP contribution in [0.3, 0.4) is 0 Å². The van der Waals surface area contributed by atoms with Crippen LogP contribution >= 0.6 is 29.4 Å². The van der Waals surface area contributed by atoms with E-state index in [1.165, 1.54) is 110 Å². The predicted octanol–water partition coefficient (Wildman–Crippen LogP) is 8.39. The molecule has 0 aromatic heterocycles. The average Bonchev–Trinajstić information content (AvgIpc) is 2.69. The summed E-state index contributed by atoms with van der Waals surface area (Å²) in [4.78, 5) is 9.08. The van der Waals surface area contributed by atoms with E-state index in [4.69, 9.17) is 9.42 Å². The van der Waals surface area contributed by atoms with Crippen molar-refractivity contribution < 1.29 is 18.5 Å². The van der Waals surface area contributed by atoms with Crippen molar-refractivity contribution in [2.75, 3.05) is 25.2 Å². The summed E-state index contributed by atoms with van der Waals surface area (Å²) in [5.41, 5.74) is 0. The fourth-order valence-electron chi connectivity index (χ4n) is 3.07. The van der Waals surface area contributed by atoms with Gasteiger partial charge in [0, 0.05) is 18.6 Å². The SMILES string of the molecule is CCCCCCCCCCCCCCCCCCSSCCOP(=O)(O)OC. The van der Waals surface area contributed by atoms with Gasteiger partial charge in [-0.05, 0) is 6.42 Å². The third-order valence-electron chi connectivity index (χ3n) is 4.82. The third-order valence-corrected chi connectivity index (χ3v) is 8.24. The topological polar surface area (TPSA) is 55.8 Å². The molecule has 0 spiro atoms. The van der Waals surface area contributed by atoms with Gasteiger partial charge in [-0.1, -0.05) is 125 Å². The smallest absolute Gasteiger partial charge is 0.303 e. The van der Waals surface area contributed by atoms with Crippen molar-refractivity contribution in [3.63, 3.8) is 0 Å². The van der Waals surface area contributed by atoms with Gasteiger partial charge in [0.2, 0.25) is 0 Å². The molecule has 4 nitrogen and oxygen atoms in total. The quantitative estimate of drug-likeness (QED) is 0.0946. The molecule has 0 aliphatic rings. The standard InChI is InChI=1S/C21H45O4PS2/c1-3-4-5-6-7-8-9-10-11-12-13-14-15-16-17-18-20-27-28-21-19-25-26(22,23)24-2/h3-21H2,1-2H3,(H,22,23). The largest absolute Gasteiger partial charge is 0.471 e. The molecule has 0 bridgehead atoms. The lowest BCUT2D eigenvalue weighted by Crippen LogP contribution is -1.96. The molecule has 1 unspecified atom stereocenters. The Morgan fingerprint density at radius 2 is 1.07 bits per heavy atom. The highest BCUT2D eigenvalue weighted by atomic mass is 33.1. The van der Waals surface area contributed by atoms with Crippen molar-refractivity contribution in [3.8, 4) is 0 Å². The van der Waals surface area contributed by atoms with Crippen LogP contribution in [0.15, 0.2) is 0 Å². The van der Waals surface area contributed by atoms with E-state index in [9.17, 15) is 4.57 Å². The summed E-state index contributed by atoms with van der Waals surface area (Å²) < 4.78 is 20.2. The average molecular weight is 457 g/mol. The Kier molecular flexibility index (Phi) is 23.1. The Bertz CT molecular complexity index is 359. The van der Waals surface area contributed by atoms with Crippen molar-refractivity contribution >= 4 is 29.4 Å². The number of hydrogen-bond donors (Lipinski definition) is 1. The van der Waals surface area contributed by atoms with E-state index in [1.807, 2.05) is 10.8 Å². The minimum Gasteiger partial charge on any atom is -0.303 e. The maximum atomic E-state index is 11.1. The molecular weight excluding hydrogens is 411 g/mol. The molecule has 0 aliphatic heterocycles. The van der Waals surface area contributed by atoms with Crippen LogP contribution in [0.25, 0.3) is 0 Å². The van der Waals surface area contributed by atoms with Gasteiger partial charge in [-0.2, -0.15) is 0 Å². The maximum Gasteiger partial charge on any atom is 0.471 e. The first-order valence-corrected chi connectivity index (χ1v) is 15.4. The first-order valence-electron chi connectivity index (χ1n) is 11.4. The fraction of sp³-hybridized carbons (Fsp3) is 1.00. The van der Waals surface area contributed by atoms with Crippen molar-refractivity contribution in [1.82, 2.24) is 0 Å². The van der Waals surface area contributed by atoms with Crippen LogP contribution in [0.1, 0.15) is 110 Å². The molecule has 0 radical (unpaired) electrons. The zero-order chi connectivity index (χ0) is 20.8. The third kappa shape index (κ3) is 23.1. The molecule has 0 saturated carbocycles. The first-order chi connectivity index (χ1) is 13.6. The van der Waals surface area contributed by atoms with Crippen LogP contribution in [0.2, 0.25) is 0 Å². The maximum absolute atomic E-state index is 11.1. The normalized spacial score (nSPS) is 13.7. The lowest BCUT2D eigenvalue weighted by molar-refractivity contribution is 0.182. The Balaban J connectivity index is 3.06. The first kappa shape index (κ1) is 28.8. The summed E-state index contributed by atoms with van der Waals surface area (Å²) in [7, 11) is 0.908. The van der Waals surface area contributed by atoms with E-state index in [0.29, 0.717) is 5.75 Å². The van der Waals surface area contributed by atoms with Gasteiger partial charge >= 0.3 is 7.82 Å². The second-order valence-electron chi connectivity index (χ2n) is 7.43. The van der Waals surface area contributed by atoms with Crippen LogP contribution in [-0.2, 0) is 13.6 Å². The van der Waals surface area contributed by atoms with E-state index in [2.05, 4.69) is 11.4 Å². The van der Waals surface area contributed by atoms with Gasteiger partial charge in [0.1, 0.15) is 0 Å². The lowest BCUT2D eigenvalue weighted by atomic mass is 10.0. The highest BCUT2D eigenvalue weighted by Crippen LogP contribution is 2.42. The van der Waals surface area contributed by atoms with Gasteiger partial charge in [0.15, 0.2) is 0 Å². The van der Waals surface area contributed by atoms with Crippen LogP contribution in [0.4, 0.5) is 0 Å². The van der Waals surface area contributed by atoms with Crippen LogP contribution in [0.5, 0.6) is 0 Å². The van der Waals surface area contributed by atoms with Gasteiger partial charge in [-0.15, -0.1) is 0 Å².